The lowest BCUT2D eigenvalue weighted by molar-refractivity contribution is 0.560. The summed E-state index contributed by atoms with van der Waals surface area (Å²) in [6.07, 6.45) is 3.87. The summed E-state index contributed by atoms with van der Waals surface area (Å²) in [6.45, 7) is 6.38. The highest BCUT2D eigenvalue weighted by atomic mass is 15.2. The van der Waals surface area contributed by atoms with Crippen molar-refractivity contribution in [2.75, 3.05) is 23.3 Å². The normalized spacial score (nSPS) is 17.4. The van der Waals surface area contributed by atoms with E-state index in [1.807, 2.05) is 6.07 Å². The fraction of sp³-hybridized carbons (Fsp3) is 0.412. The lowest BCUT2D eigenvalue weighted by Gasteiger charge is -2.34. The van der Waals surface area contributed by atoms with E-state index in [4.69, 9.17) is 0 Å². The molecule has 0 amide bonds. The maximum absolute atomic E-state index is 4.48. The Morgan fingerprint density at radius 1 is 1.29 bits per heavy atom. The second kappa shape index (κ2) is 6.12. The predicted octanol–water partition coefficient (Wildman–Crippen LogP) is 3.63. The molecule has 4 heteroatoms. The highest BCUT2D eigenvalue weighted by molar-refractivity contribution is 5.67. The van der Waals surface area contributed by atoms with Gasteiger partial charge in [-0.1, -0.05) is 32.0 Å². The molecule has 1 aliphatic heterocycles. The number of fused-ring (bicyclic) bond motifs is 1. The molecule has 0 spiro atoms. The predicted molar refractivity (Wildman–Crippen MR) is 87.1 cm³/mol. The van der Waals surface area contributed by atoms with E-state index in [0.29, 0.717) is 5.92 Å². The summed E-state index contributed by atoms with van der Waals surface area (Å²) in [5, 5.41) is 3.33. The summed E-state index contributed by atoms with van der Waals surface area (Å²) in [7, 11) is 0. The molecule has 1 aromatic carbocycles. The minimum absolute atomic E-state index is 0.627. The van der Waals surface area contributed by atoms with E-state index in [9.17, 15) is 0 Å². The van der Waals surface area contributed by atoms with Crippen LogP contribution < -0.4 is 10.2 Å². The Balaban J connectivity index is 1.93. The van der Waals surface area contributed by atoms with Crippen molar-refractivity contribution in [3.63, 3.8) is 0 Å². The number of para-hydroxylation sites is 1. The van der Waals surface area contributed by atoms with Crippen LogP contribution in [0.5, 0.6) is 0 Å². The smallest absolute Gasteiger partial charge is 0.138 e. The number of rotatable bonds is 4. The maximum atomic E-state index is 4.48. The Kier molecular flexibility index (Phi) is 4.04. The van der Waals surface area contributed by atoms with Crippen LogP contribution in [0.25, 0.3) is 0 Å². The van der Waals surface area contributed by atoms with Gasteiger partial charge in [0.2, 0.25) is 0 Å². The third-order valence-electron chi connectivity index (χ3n) is 3.83. The Morgan fingerprint density at radius 3 is 3.00 bits per heavy atom. The zero-order valence-electron chi connectivity index (χ0n) is 12.7. The molecule has 110 valence electrons. The van der Waals surface area contributed by atoms with Crippen molar-refractivity contribution in [1.29, 1.82) is 0 Å². The molecule has 1 unspecified atom stereocenters. The molecule has 0 bridgehead atoms. The van der Waals surface area contributed by atoms with E-state index in [1.54, 1.807) is 6.33 Å². The van der Waals surface area contributed by atoms with Gasteiger partial charge in [0.05, 0.1) is 0 Å². The lowest BCUT2D eigenvalue weighted by atomic mass is 9.94. The van der Waals surface area contributed by atoms with Crippen molar-refractivity contribution in [3.05, 3.63) is 42.2 Å². The molecule has 2 heterocycles. The topological polar surface area (TPSA) is 41.0 Å². The van der Waals surface area contributed by atoms with Gasteiger partial charge in [-0.05, 0) is 30.4 Å². The van der Waals surface area contributed by atoms with Crippen molar-refractivity contribution >= 4 is 17.3 Å². The molecule has 0 radical (unpaired) electrons. The fourth-order valence-electron chi connectivity index (χ4n) is 2.86. The zero-order valence-corrected chi connectivity index (χ0v) is 12.7. The molecule has 1 atom stereocenters. The van der Waals surface area contributed by atoms with Gasteiger partial charge in [0.1, 0.15) is 18.0 Å². The molecule has 1 N–H and O–H groups in total. The standard InChI is InChI=1S/C17H22N4/c1-3-8-18-16-10-17(20-12-19-16)21-11-13(2)9-14-6-4-5-7-15(14)21/h4-7,10,12-13H,3,8-9,11H2,1-2H3,(H,18,19,20). The summed E-state index contributed by atoms with van der Waals surface area (Å²) >= 11 is 0. The van der Waals surface area contributed by atoms with Crippen LogP contribution in [0.2, 0.25) is 0 Å². The van der Waals surface area contributed by atoms with Crippen LogP contribution >= 0.6 is 0 Å². The van der Waals surface area contributed by atoms with Crippen molar-refractivity contribution in [3.8, 4) is 0 Å². The quantitative estimate of drug-likeness (QED) is 0.929. The number of hydrogen-bond donors (Lipinski definition) is 1. The van der Waals surface area contributed by atoms with Gasteiger partial charge < -0.3 is 10.2 Å². The minimum Gasteiger partial charge on any atom is -0.370 e. The van der Waals surface area contributed by atoms with Gasteiger partial charge in [0.15, 0.2) is 0 Å². The number of benzene rings is 1. The van der Waals surface area contributed by atoms with E-state index in [1.165, 1.54) is 11.3 Å². The van der Waals surface area contributed by atoms with Crippen molar-refractivity contribution in [2.45, 2.75) is 26.7 Å². The zero-order chi connectivity index (χ0) is 14.7. The molecule has 21 heavy (non-hydrogen) atoms. The second-order valence-electron chi connectivity index (χ2n) is 5.74. The molecule has 0 saturated heterocycles. The third kappa shape index (κ3) is 2.99. The molecule has 0 fully saturated rings. The Labute approximate surface area is 126 Å². The van der Waals surface area contributed by atoms with Crippen molar-refractivity contribution in [1.82, 2.24) is 9.97 Å². The van der Waals surface area contributed by atoms with E-state index >= 15 is 0 Å². The highest BCUT2D eigenvalue weighted by Gasteiger charge is 2.23. The van der Waals surface area contributed by atoms with Gasteiger partial charge in [-0.3, -0.25) is 0 Å². The van der Waals surface area contributed by atoms with Crippen LogP contribution in [-0.2, 0) is 6.42 Å². The fourth-order valence-corrected chi connectivity index (χ4v) is 2.86. The largest absolute Gasteiger partial charge is 0.370 e. The van der Waals surface area contributed by atoms with Crippen LogP contribution in [0.15, 0.2) is 36.7 Å². The molecule has 0 aliphatic carbocycles. The SMILES string of the molecule is CCCNc1cc(N2CC(C)Cc3ccccc32)ncn1. The molecule has 3 rings (SSSR count). The lowest BCUT2D eigenvalue weighted by Crippen LogP contribution is -2.31. The van der Waals surface area contributed by atoms with E-state index in [0.717, 1.165) is 37.6 Å². The molecular weight excluding hydrogens is 260 g/mol. The van der Waals surface area contributed by atoms with Gasteiger partial charge in [-0.25, -0.2) is 9.97 Å². The summed E-state index contributed by atoms with van der Waals surface area (Å²) in [6, 6.07) is 10.7. The molecule has 1 aromatic heterocycles. The molecule has 2 aromatic rings. The van der Waals surface area contributed by atoms with Gasteiger partial charge in [0.25, 0.3) is 0 Å². The van der Waals surface area contributed by atoms with Gasteiger partial charge in [-0.15, -0.1) is 0 Å². The Bertz CT molecular complexity index is 611. The molecule has 4 nitrogen and oxygen atoms in total. The van der Waals surface area contributed by atoms with E-state index in [2.05, 4.69) is 58.3 Å². The Hall–Kier alpha value is -2.10. The van der Waals surface area contributed by atoms with Crippen LogP contribution in [0.4, 0.5) is 17.3 Å². The molecular formula is C17H22N4. The van der Waals surface area contributed by atoms with E-state index < -0.39 is 0 Å². The second-order valence-corrected chi connectivity index (χ2v) is 5.74. The number of nitrogens with one attached hydrogen (secondary N) is 1. The average molecular weight is 282 g/mol. The van der Waals surface area contributed by atoms with Crippen molar-refractivity contribution < 1.29 is 0 Å². The number of anilines is 3. The van der Waals surface area contributed by atoms with Crippen molar-refractivity contribution in [2.24, 2.45) is 5.92 Å². The maximum Gasteiger partial charge on any atom is 0.138 e. The van der Waals surface area contributed by atoms with Crippen LogP contribution in [0.3, 0.4) is 0 Å². The number of hydrogen-bond acceptors (Lipinski definition) is 4. The highest BCUT2D eigenvalue weighted by Crippen LogP contribution is 2.34. The summed E-state index contributed by atoms with van der Waals surface area (Å²) in [5.74, 6) is 2.50. The van der Waals surface area contributed by atoms with E-state index in [-0.39, 0.29) is 0 Å². The first-order valence-electron chi connectivity index (χ1n) is 7.69. The first-order chi connectivity index (χ1) is 10.3. The first-order valence-corrected chi connectivity index (χ1v) is 7.69. The minimum atomic E-state index is 0.627. The monoisotopic (exact) mass is 282 g/mol. The first kappa shape index (κ1) is 13.9. The Morgan fingerprint density at radius 2 is 2.14 bits per heavy atom. The van der Waals surface area contributed by atoms with Crippen LogP contribution in [-0.4, -0.2) is 23.1 Å². The third-order valence-corrected chi connectivity index (χ3v) is 3.83. The van der Waals surface area contributed by atoms with Gasteiger partial charge >= 0.3 is 0 Å². The van der Waals surface area contributed by atoms with Crippen LogP contribution in [0.1, 0.15) is 25.8 Å². The number of aromatic nitrogens is 2. The van der Waals surface area contributed by atoms with Gasteiger partial charge in [0, 0.05) is 24.8 Å². The summed E-state index contributed by atoms with van der Waals surface area (Å²) in [5.41, 5.74) is 2.67. The van der Waals surface area contributed by atoms with Gasteiger partial charge in [-0.2, -0.15) is 0 Å². The average Bonchev–Trinajstić information content (AvgIpc) is 2.52. The summed E-state index contributed by atoms with van der Waals surface area (Å²) in [4.78, 5) is 11.1. The van der Waals surface area contributed by atoms with Crippen LogP contribution in [0, 0.1) is 5.92 Å². The summed E-state index contributed by atoms with van der Waals surface area (Å²) < 4.78 is 0. The number of nitrogens with zero attached hydrogens (tertiary/aromatic N) is 3. The molecule has 1 aliphatic rings. The molecule has 0 saturated carbocycles.